The van der Waals surface area contributed by atoms with Crippen molar-refractivity contribution >= 4 is 22.3 Å². The summed E-state index contributed by atoms with van der Waals surface area (Å²) in [6.07, 6.45) is 0.493. The van der Waals surface area contributed by atoms with Crippen LogP contribution in [0.25, 0.3) is 10.8 Å². The lowest BCUT2D eigenvalue weighted by atomic mass is 9.92. The van der Waals surface area contributed by atoms with E-state index in [0.717, 1.165) is 59.1 Å². The molecule has 0 saturated carbocycles. The van der Waals surface area contributed by atoms with Crippen molar-refractivity contribution in [2.75, 3.05) is 39.3 Å². The fraction of sp³-hybridized carbons (Fsp3) is 0.308. The van der Waals surface area contributed by atoms with Gasteiger partial charge in [-0.2, -0.15) is 0 Å². The number of hydrogen-bond donors (Lipinski definition) is 0. The van der Waals surface area contributed by atoms with Crippen molar-refractivity contribution in [2.45, 2.75) is 12.5 Å². The molecule has 3 fully saturated rings. The molecule has 4 nitrogen and oxygen atoms in total. The fourth-order valence-corrected chi connectivity index (χ4v) is 5.26. The first kappa shape index (κ1) is 21.9. The van der Waals surface area contributed by atoms with E-state index in [1.54, 1.807) is 0 Å². The first-order valence-electron chi connectivity index (χ1n) is 10.8. The summed E-state index contributed by atoms with van der Waals surface area (Å²) in [5.41, 5.74) is 1.58. The summed E-state index contributed by atoms with van der Waals surface area (Å²) in [6, 6.07) is 23.8. The van der Waals surface area contributed by atoms with E-state index in [4.69, 9.17) is 0 Å². The molecule has 3 heterocycles. The Morgan fingerprint density at radius 1 is 0.839 bits per heavy atom. The highest BCUT2D eigenvalue weighted by molar-refractivity contribution is 6.08. The lowest BCUT2D eigenvalue weighted by molar-refractivity contribution is -0.956. The Labute approximate surface area is 193 Å². The second-order valence-electron chi connectivity index (χ2n) is 8.72. The minimum absolute atomic E-state index is 0. The summed E-state index contributed by atoms with van der Waals surface area (Å²) in [7, 11) is 0. The number of carbonyl (C=O) groups is 2. The van der Waals surface area contributed by atoms with Gasteiger partial charge < -0.3 is 21.5 Å². The molecule has 160 valence electrons. The standard InChI is InChI=1S/C26H27N2O2.BrH/c29-25(24-12-6-10-20-7-4-5-11-23(20)24)17-22-18-27-13-15-28(22,16-14-27)19-26(30)21-8-2-1-3-9-21;/h1-12,22H,13-19H2;1H/q+1;/p-1. The van der Waals surface area contributed by atoms with Gasteiger partial charge >= 0.3 is 0 Å². The van der Waals surface area contributed by atoms with Gasteiger partial charge in [0.2, 0.25) is 5.78 Å². The molecule has 0 spiro atoms. The maximum atomic E-state index is 13.4. The van der Waals surface area contributed by atoms with Gasteiger partial charge in [0, 0.05) is 24.2 Å². The van der Waals surface area contributed by atoms with Crippen molar-refractivity contribution < 1.29 is 31.1 Å². The molecule has 0 N–H and O–H groups in total. The van der Waals surface area contributed by atoms with Gasteiger partial charge in [-0.3, -0.25) is 14.5 Å². The number of ketones is 2. The van der Waals surface area contributed by atoms with Gasteiger partial charge in [-0.15, -0.1) is 0 Å². The molecule has 3 saturated heterocycles. The van der Waals surface area contributed by atoms with Gasteiger partial charge in [0.25, 0.3) is 0 Å². The number of halogens is 1. The largest absolute Gasteiger partial charge is 1.00 e. The normalized spacial score (nSPS) is 24.5. The van der Waals surface area contributed by atoms with Crippen LogP contribution < -0.4 is 17.0 Å². The minimum Gasteiger partial charge on any atom is -1.00 e. The Morgan fingerprint density at radius 2 is 1.52 bits per heavy atom. The third-order valence-electron chi connectivity index (χ3n) is 7.03. The van der Waals surface area contributed by atoms with Crippen LogP contribution in [0.5, 0.6) is 0 Å². The number of carbonyl (C=O) groups excluding carboxylic acids is 2. The number of benzene rings is 3. The average Bonchev–Trinajstić information content (AvgIpc) is 2.80. The van der Waals surface area contributed by atoms with Gasteiger partial charge in [-0.05, 0) is 10.8 Å². The molecule has 0 radical (unpaired) electrons. The van der Waals surface area contributed by atoms with E-state index in [0.29, 0.717) is 13.0 Å². The third kappa shape index (κ3) is 4.22. The van der Waals surface area contributed by atoms with E-state index in [2.05, 4.69) is 17.0 Å². The van der Waals surface area contributed by atoms with Gasteiger partial charge in [0.15, 0.2) is 5.78 Å². The molecule has 3 aromatic carbocycles. The maximum Gasteiger partial charge on any atom is 0.216 e. The Morgan fingerprint density at radius 3 is 2.29 bits per heavy atom. The van der Waals surface area contributed by atoms with Crippen LogP contribution in [-0.4, -0.2) is 66.3 Å². The second-order valence-corrected chi connectivity index (χ2v) is 8.72. The molecule has 3 aliphatic heterocycles. The Bertz CT molecular complexity index is 1090. The second kappa shape index (κ2) is 9.03. The number of piperazine rings is 3. The van der Waals surface area contributed by atoms with Crippen LogP contribution >= 0.6 is 0 Å². The van der Waals surface area contributed by atoms with Gasteiger partial charge in [-0.1, -0.05) is 72.8 Å². The van der Waals surface area contributed by atoms with Crippen LogP contribution in [-0.2, 0) is 0 Å². The predicted octanol–water partition coefficient (Wildman–Crippen LogP) is 0.814. The van der Waals surface area contributed by atoms with Gasteiger partial charge in [-0.25, -0.2) is 0 Å². The highest BCUT2D eigenvalue weighted by atomic mass is 79.9. The summed E-state index contributed by atoms with van der Waals surface area (Å²) >= 11 is 0. The Balaban J connectivity index is 0.00000231. The lowest BCUT2D eigenvalue weighted by Gasteiger charge is -2.55. The molecule has 5 heteroatoms. The first-order valence-corrected chi connectivity index (χ1v) is 10.8. The maximum absolute atomic E-state index is 13.4. The number of hydrogen-bond acceptors (Lipinski definition) is 3. The molecule has 31 heavy (non-hydrogen) atoms. The molecule has 3 aromatic rings. The zero-order chi connectivity index (χ0) is 20.6. The summed E-state index contributed by atoms with van der Waals surface area (Å²) in [4.78, 5) is 28.9. The summed E-state index contributed by atoms with van der Waals surface area (Å²) in [5.74, 6) is 0.378. The number of fused-ring (bicyclic) bond motifs is 4. The first-order chi connectivity index (χ1) is 14.6. The molecule has 3 aliphatic rings. The van der Waals surface area contributed by atoms with E-state index in [1.165, 1.54) is 0 Å². The Hall–Kier alpha value is -2.34. The van der Waals surface area contributed by atoms with Crippen LogP contribution in [0.3, 0.4) is 0 Å². The smallest absolute Gasteiger partial charge is 0.216 e. The van der Waals surface area contributed by atoms with Crippen molar-refractivity contribution in [3.05, 3.63) is 83.9 Å². The van der Waals surface area contributed by atoms with E-state index in [-0.39, 0.29) is 34.6 Å². The lowest BCUT2D eigenvalue weighted by Crippen LogP contribution is -3.00. The SMILES string of the molecule is O=C(C[N+]12CCN(CC1)CC2CC(=O)c1cccc2ccccc12)c1ccccc1.[Br-]. The minimum atomic E-state index is 0. The predicted molar refractivity (Wildman–Crippen MR) is 119 cm³/mol. The molecule has 1 unspecified atom stereocenters. The molecular formula is C26H27BrN2O2. The van der Waals surface area contributed by atoms with Crippen molar-refractivity contribution in [1.82, 2.24) is 4.90 Å². The van der Waals surface area contributed by atoms with Gasteiger partial charge in [0.1, 0.15) is 12.6 Å². The summed E-state index contributed by atoms with van der Waals surface area (Å²) in [6.45, 7) is 5.32. The highest BCUT2D eigenvalue weighted by Gasteiger charge is 2.48. The van der Waals surface area contributed by atoms with Gasteiger partial charge in [0.05, 0.1) is 26.1 Å². The highest BCUT2D eigenvalue weighted by Crippen LogP contribution is 2.30. The van der Waals surface area contributed by atoms with Crippen molar-refractivity contribution in [3.63, 3.8) is 0 Å². The zero-order valence-corrected chi connectivity index (χ0v) is 19.1. The van der Waals surface area contributed by atoms with Crippen LogP contribution in [0, 0.1) is 0 Å². The van der Waals surface area contributed by atoms with Crippen molar-refractivity contribution in [2.24, 2.45) is 0 Å². The number of rotatable bonds is 6. The summed E-state index contributed by atoms with van der Waals surface area (Å²) < 4.78 is 0.751. The Kier molecular flexibility index (Phi) is 6.37. The monoisotopic (exact) mass is 478 g/mol. The van der Waals surface area contributed by atoms with Crippen molar-refractivity contribution in [3.8, 4) is 0 Å². The van der Waals surface area contributed by atoms with Crippen LogP contribution in [0.2, 0.25) is 0 Å². The molecule has 2 bridgehead atoms. The quantitative estimate of drug-likeness (QED) is 0.388. The molecule has 0 amide bonds. The fourth-order valence-electron chi connectivity index (χ4n) is 5.26. The average molecular weight is 479 g/mol. The number of quaternary nitrogens is 1. The zero-order valence-electron chi connectivity index (χ0n) is 17.5. The van der Waals surface area contributed by atoms with Crippen molar-refractivity contribution in [1.29, 1.82) is 0 Å². The summed E-state index contributed by atoms with van der Waals surface area (Å²) in [5, 5.41) is 2.12. The third-order valence-corrected chi connectivity index (χ3v) is 7.03. The molecule has 6 rings (SSSR count). The van der Waals surface area contributed by atoms with Crippen LogP contribution in [0.1, 0.15) is 27.1 Å². The molecule has 0 aromatic heterocycles. The van der Waals surface area contributed by atoms with E-state index in [1.807, 2.05) is 60.7 Å². The topological polar surface area (TPSA) is 37.4 Å². The van der Waals surface area contributed by atoms with E-state index < -0.39 is 0 Å². The van der Waals surface area contributed by atoms with Crippen LogP contribution in [0.15, 0.2) is 72.8 Å². The molecule has 0 aliphatic carbocycles. The van der Waals surface area contributed by atoms with E-state index >= 15 is 0 Å². The molecular weight excluding hydrogens is 452 g/mol. The number of nitrogens with zero attached hydrogens (tertiary/aromatic N) is 2. The van der Waals surface area contributed by atoms with Crippen LogP contribution in [0.4, 0.5) is 0 Å². The molecule has 1 atom stereocenters. The van der Waals surface area contributed by atoms with E-state index in [9.17, 15) is 9.59 Å². The number of Topliss-reactive ketones (excluding diaryl/α,β-unsaturated/α-hetero) is 2.